The minimum atomic E-state index is 0.542. The molecule has 2 heteroatoms. The summed E-state index contributed by atoms with van der Waals surface area (Å²) in [5.41, 5.74) is 2.84. The van der Waals surface area contributed by atoms with Gasteiger partial charge in [0.15, 0.2) is 0 Å². The van der Waals surface area contributed by atoms with E-state index in [9.17, 15) is 0 Å². The zero-order valence-corrected chi connectivity index (χ0v) is 11.4. The maximum atomic E-state index is 4.67. The van der Waals surface area contributed by atoms with Crippen LogP contribution in [0.5, 0.6) is 0 Å². The molecule has 1 N–H and O–H groups in total. The SMILES string of the molecule is c1cnc2c(c1)CCCC2NC1C2C3CCC(C3)C12. The summed E-state index contributed by atoms with van der Waals surface area (Å²) in [6, 6.07) is 5.74. The van der Waals surface area contributed by atoms with E-state index in [4.69, 9.17) is 0 Å². The summed E-state index contributed by atoms with van der Waals surface area (Å²) in [4.78, 5) is 4.67. The van der Waals surface area contributed by atoms with E-state index in [0.717, 1.165) is 29.7 Å². The van der Waals surface area contributed by atoms with Crippen LogP contribution in [0.25, 0.3) is 0 Å². The molecule has 1 aromatic rings. The number of hydrogen-bond acceptors (Lipinski definition) is 2. The number of aromatic nitrogens is 1. The van der Waals surface area contributed by atoms with Crippen molar-refractivity contribution in [1.82, 2.24) is 10.3 Å². The van der Waals surface area contributed by atoms with E-state index in [1.807, 2.05) is 6.20 Å². The standard InChI is InChI=1S/C17H22N2/c1-3-10-4-2-8-18-16(10)13(5-1)19-17-14-11-6-7-12(9-11)15(14)17/h2,4,8,11-15,17,19H,1,3,5-7,9H2. The Morgan fingerprint density at radius 2 is 1.95 bits per heavy atom. The molecule has 100 valence electrons. The first-order chi connectivity index (χ1) is 9.42. The normalized spacial score (nSPS) is 45.9. The van der Waals surface area contributed by atoms with Gasteiger partial charge in [-0.2, -0.15) is 0 Å². The molecule has 2 bridgehead atoms. The second kappa shape index (κ2) is 3.82. The zero-order chi connectivity index (χ0) is 12.4. The number of rotatable bonds is 2. The summed E-state index contributed by atoms with van der Waals surface area (Å²) in [5.74, 6) is 4.21. The van der Waals surface area contributed by atoms with Crippen molar-refractivity contribution in [1.29, 1.82) is 0 Å². The number of nitrogens with one attached hydrogen (secondary N) is 1. The van der Waals surface area contributed by atoms with E-state index < -0.39 is 0 Å². The Morgan fingerprint density at radius 3 is 2.79 bits per heavy atom. The van der Waals surface area contributed by atoms with Crippen LogP contribution >= 0.6 is 0 Å². The van der Waals surface area contributed by atoms with Gasteiger partial charge in [0.05, 0.1) is 5.69 Å². The fourth-order valence-corrected chi connectivity index (χ4v) is 5.55. The van der Waals surface area contributed by atoms with E-state index in [2.05, 4.69) is 22.4 Å². The van der Waals surface area contributed by atoms with Crippen LogP contribution in [0.4, 0.5) is 0 Å². The second-order valence-electron chi connectivity index (χ2n) is 7.17. The Labute approximate surface area is 115 Å². The van der Waals surface area contributed by atoms with Crippen LogP contribution in [-0.4, -0.2) is 11.0 Å². The van der Waals surface area contributed by atoms with Crippen molar-refractivity contribution < 1.29 is 0 Å². The molecule has 5 unspecified atom stereocenters. The first-order valence-corrected chi connectivity index (χ1v) is 8.11. The monoisotopic (exact) mass is 254 g/mol. The minimum Gasteiger partial charge on any atom is -0.305 e. The number of aryl methyl sites for hydroxylation is 1. The van der Waals surface area contributed by atoms with Crippen molar-refractivity contribution in [3.8, 4) is 0 Å². The first kappa shape index (κ1) is 10.8. The number of nitrogens with zero attached hydrogens (tertiary/aromatic N) is 1. The summed E-state index contributed by atoms with van der Waals surface area (Å²) in [6.45, 7) is 0. The number of fused-ring (bicyclic) bond motifs is 6. The molecule has 0 aromatic carbocycles. The van der Waals surface area contributed by atoms with Crippen LogP contribution < -0.4 is 5.32 Å². The fraction of sp³-hybridized carbons (Fsp3) is 0.706. The Balaban J connectivity index is 1.36. The van der Waals surface area contributed by atoms with Crippen LogP contribution in [0, 0.1) is 23.7 Å². The largest absolute Gasteiger partial charge is 0.305 e. The minimum absolute atomic E-state index is 0.542. The predicted octanol–water partition coefficient (Wildman–Crippen LogP) is 3.09. The molecule has 0 spiro atoms. The van der Waals surface area contributed by atoms with Gasteiger partial charge in [-0.05, 0) is 73.8 Å². The van der Waals surface area contributed by atoms with E-state index in [1.54, 1.807) is 6.42 Å². The van der Waals surface area contributed by atoms with Gasteiger partial charge in [-0.25, -0.2) is 0 Å². The van der Waals surface area contributed by atoms with Crippen LogP contribution in [0.2, 0.25) is 0 Å². The van der Waals surface area contributed by atoms with Gasteiger partial charge in [0.1, 0.15) is 0 Å². The van der Waals surface area contributed by atoms with Crippen molar-refractivity contribution in [2.45, 2.75) is 50.6 Å². The van der Waals surface area contributed by atoms with Gasteiger partial charge >= 0.3 is 0 Å². The van der Waals surface area contributed by atoms with Crippen molar-refractivity contribution in [3.05, 3.63) is 29.6 Å². The van der Waals surface area contributed by atoms with Crippen LogP contribution in [-0.2, 0) is 6.42 Å². The molecule has 0 amide bonds. The molecule has 1 aromatic heterocycles. The fourth-order valence-electron chi connectivity index (χ4n) is 5.55. The summed E-state index contributed by atoms with van der Waals surface area (Å²) in [5, 5.41) is 3.99. The molecule has 19 heavy (non-hydrogen) atoms. The molecule has 0 aliphatic heterocycles. The molecule has 2 nitrogen and oxygen atoms in total. The number of hydrogen-bond donors (Lipinski definition) is 1. The predicted molar refractivity (Wildman–Crippen MR) is 74.7 cm³/mol. The molecular formula is C17H22N2. The van der Waals surface area contributed by atoms with Crippen molar-refractivity contribution in [2.24, 2.45) is 23.7 Å². The molecular weight excluding hydrogens is 232 g/mol. The van der Waals surface area contributed by atoms with Crippen LogP contribution in [0.15, 0.2) is 18.3 Å². The van der Waals surface area contributed by atoms with Crippen LogP contribution in [0.3, 0.4) is 0 Å². The lowest BCUT2D eigenvalue weighted by atomic mass is 9.91. The van der Waals surface area contributed by atoms with Crippen LogP contribution in [0.1, 0.15) is 49.4 Å². The number of pyridine rings is 1. The van der Waals surface area contributed by atoms with Gasteiger partial charge in [0.25, 0.3) is 0 Å². The maximum absolute atomic E-state index is 4.67. The smallest absolute Gasteiger partial charge is 0.0605 e. The highest BCUT2D eigenvalue weighted by Crippen LogP contribution is 2.66. The molecule has 3 saturated carbocycles. The maximum Gasteiger partial charge on any atom is 0.0605 e. The zero-order valence-electron chi connectivity index (χ0n) is 11.4. The first-order valence-electron chi connectivity index (χ1n) is 8.11. The van der Waals surface area contributed by atoms with Gasteiger partial charge in [-0.3, -0.25) is 4.98 Å². The third-order valence-electron chi connectivity index (χ3n) is 6.32. The molecule has 1 heterocycles. The molecule has 0 radical (unpaired) electrons. The second-order valence-corrected chi connectivity index (χ2v) is 7.17. The molecule has 3 fully saturated rings. The average Bonchev–Trinajstić information content (AvgIpc) is 2.84. The molecule has 5 rings (SSSR count). The Morgan fingerprint density at radius 1 is 1.11 bits per heavy atom. The van der Waals surface area contributed by atoms with Gasteiger partial charge in [-0.1, -0.05) is 6.07 Å². The highest BCUT2D eigenvalue weighted by Gasteiger charge is 2.65. The summed E-state index contributed by atoms with van der Waals surface area (Å²) in [7, 11) is 0. The molecule has 4 aliphatic carbocycles. The Kier molecular flexibility index (Phi) is 2.18. The lowest BCUT2D eigenvalue weighted by molar-refractivity contribution is 0.387. The van der Waals surface area contributed by atoms with E-state index >= 15 is 0 Å². The van der Waals surface area contributed by atoms with E-state index in [-0.39, 0.29) is 0 Å². The Hall–Kier alpha value is -0.890. The van der Waals surface area contributed by atoms with Gasteiger partial charge in [0.2, 0.25) is 0 Å². The quantitative estimate of drug-likeness (QED) is 0.877. The van der Waals surface area contributed by atoms with E-state index in [0.29, 0.717) is 6.04 Å². The lowest BCUT2D eigenvalue weighted by Gasteiger charge is -2.26. The van der Waals surface area contributed by atoms with Crippen molar-refractivity contribution in [3.63, 3.8) is 0 Å². The van der Waals surface area contributed by atoms with Gasteiger partial charge < -0.3 is 5.32 Å². The Bertz CT molecular complexity index is 496. The third-order valence-corrected chi connectivity index (χ3v) is 6.32. The lowest BCUT2D eigenvalue weighted by Crippen LogP contribution is -2.31. The summed E-state index contributed by atoms with van der Waals surface area (Å²) in [6.07, 6.45) is 10.4. The van der Waals surface area contributed by atoms with Gasteiger partial charge in [-0.15, -0.1) is 0 Å². The highest BCUT2D eigenvalue weighted by atomic mass is 15.1. The molecule has 0 saturated heterocycles. The topological polar surface area (TPSA) is 24.9 Å². The average molecular weight is 254 g/mol. The van der Waals surface area contributed by atoms with Crippen molar-refractivity contribution >= 4 is 0 Å². The van der Waals surface area contributed by atoms with E-state index in [1.165, 1.54) is 43.4 Å². The summed E-state index contributed by atoms with van der Waals surface area (Å²) < 4.78 is 0. The highest BCUT2D eigenvalue weighted by molar-refractivity contribution is 5.27. The molecule has 5 atom stereocenters. The third kappa shape index (κ3) is 1.50. The summed E-state index contributed by atoms with van der Waals surface area (Å²) >= 11 is 0. The van der Waals surface area contributed by atoms with Gasteiger partial charge in [0, 0.05) is 18.3 Å². The van der Waals surface area contributed by atoms with Crippen molar-refractivity contribution in [2.75, 3.05) is 0 Å². The molecule has 4 aliphatic rings.